The van der Waals surface area contributed by atoms with Crippen LogP contribution in [0.5, 0.6) is 17.2 Å². The maximum Gasteiger partial charge on any atom is 0.269 e. The zero-order valence-corrected chi connectivity index (χ0v) is 30.0. The Morgan fingerprint density at radius 3 is 2.11 bits per heavy atom. The molecule has 11 heteroatoms. The number of carbonyl (C=O) groups is 4. The van der Waals surface area contributed by atoms with Crippen LogP contribution in [0.25, 0.3) is 11.6 Å². The van der Waals surface area contributed by atoms with Crippen LogP contribution in [0, 0.1) is 39.7 Å². The zero-order valence-electron chi connectivity index (χ0n) is 30.0. The summed E-state index contributed by atoms with van der Waals surface area (Å²) < 4.78 is 10.8. The number of allylic oxidation sites excluding steroid dienone is 5. The summed E-state index contributed by atoms with van der Waals surface area (Å²) in [6.45, 7) is 0. The zero-order chi connectivity index (χ0) is 38.6. The third kappa shape index (κ3) is 5.48. The van der Waals surface area contributed by atoms with E-state index in [1.807, 2.05) is 60.7 Å². The maximum absolute atomic E-state index is 15.1. The molecule has 0 radical (unpaired) electrons. The quantitative estimate of drug-likeness (QED) is 0.0882. The number of imide groups is 1. The molecule has 8 rings (SSSR count). The number of aromatic hydroxyl groups is 1. The Kier molecular flexibility index (Phi) is 8.79. The Hall–Kier alpha value is -6.62. The second-order valence-corrected chi connectivity index (χ2v) is 14.3. The van der Waals surface area contributed by atoms with Crippen LogP contribution in [0.15, 0.2) is 121 Å². The molecule has 11 nitrogen and oxygen atoms in total. The molecule has 1 heterocycles. The minimum atomic E-state index is -1.41. The third-order valence-electron chi connectivity index (χ3n) is 11.7. The number of methoxy groups -OCH3 is 2. The van der Waals surface area contributed by atoms with Gasteiger partial charge in [-0.25, -0.2) is 0 Å². The molecule has 4 aliphatic rings. The Bertz CT molecular complexity index is 2320. The van der Waals surface area contributed by atoms with Gasteiger partial charge in [-0.15, -0.1) is 0 Å². The van der Waals surface area contributed by atoms with Gasteiger partial charge in [0.25, 0.3) is 5.69 Å². The van der Waals surface area contributed by atoms with Crippen LogP contribution in [0.2, 0.25) is 0 Å². The molecule has 0 spiro atoms. The van der Waals surface area contributed by atoms with Crippen LogP contribution in [0.3, 0.4) is 0 Å². The highest BCUT2D eigenvalue weighted by Gasteiger charge is 2.65. The molecule has 1 saturated heterocycles. The topological polar surface area (TPSA) is 153 Å². The Balaban J connectivity index is 1.31. The van der Waals surface area contributed by atoms with Crippen molar-refractivity contribution in [2.75, 3.05) is 19.1 Å². The average Bonchev–Trinajstić information content (AvgIpc) is 3.47. The number of nitrogens with zero attached hydrogens (tertiary/aromatic N) is 2. The molecule has 2 amide bonds. The van der Waals surface area contributed by atoms with Gasteiger partial charge in [0.1, 0.15) is 0 Å². The fourth-order valence-electron chi connectivity index (χ4n) is 9.32. The normalized spacial score (nSPS) is 25.9. The predicted molar refractivity (Wildman–Crippen MR) is 203 cm³/mol. The molecule has 1 saturated carbocycles. The second kappa shape index (κ2) is 13.7. The minimum Gasteiger partial charge on any atom is -0.502 e. The van der Waals surface area contributed by atoms with Crippen molar-refractivity contribution in [1.82, 2.24) is 0 Å². The summed E-state index contributed by atoms with van der Waals surface area (Å²) in [5.41, 5.74) is 1.58. The summed E-state index contributed by atoms with van der Waals surface area (Å²) in [6.07, 6.45) is 7.45. The smallest absolute Gasteiger partial charge is 0.269 e. The molecule has 276 valence electrons. The molecule has 3 aliphatic carbocycles. The Labute approximate surface area is 316 Å². The largest absolute Gasteiger partial charge is 0.502 e. The Morgan fingerprint density at radius 2 is 1.49 bits per heavy atom. The number of hydrogen-bond acceptors (Lipinski definition) is 9. The van der Waals surface area contributed by atoms with Gasteiger partial charge in [-0.3, -0.25) is 34.2 Å². The van der Waals surface area contributed by atoms with E-state index in [0.29, 0.717) is 22.3 Å². The number of phenols is 1. The lowest BCUT2D eigenvalue weighted by Gasteiger charge is -2.54. The van der Waals surface area contributed by atoms with E-state index in [-0.39, 0.29) is 53.0 Å². The number of hydrogen-bond donors (Lipinski definition) is 1. The first-order valence-electron chi connectivity index (χ1n) is 18.0. The number of Topliss-reactive ketones (excluding diaryl/α,β-unsaturated/α-hetero) is 1. The van der Waals surface area contributed by atoms with Gasteiger partial charge in [-0.1, -0.05) is 84.5 Å². The molecular weight excluding hydrogens is 700 g/mol. The summed E-state index contributed by atoms with van der Waals surface area (Å²) >= 11 is 0. The summed E-state index contributed by atoms with van der Waals surface area (Å²) in [4.78, 5) is 70.7. The van der Waals surface area contributed by atoms with Crippen LogP contribution >= 0.6 is 0 Å². The van der Waals surface area contributed by atoms with E-state index in [1.54, 1.807) is 30.3 Å². The van der Waals surface area contributed by atoms with Crippen LogP contribution in [0.4, 0.5) is 11.4 Å². The van der Waals surface area contributed by atoms with E-state index in [4.69, 9.17) is 9.47 Å². The monoisotopic (exact) mass is 736 g/mol. The van der Waals surface area contributed by atoms with Crippen molar-refractivity contribution in [1.29, 1.82) is 0 Å². The van der Waals surface area contributed by atoms with Gasteiger partial charge in [0.15, 0.2) is 23.1 Å². The minimum absolute atomic E-state index is 0.134. The van der Waals surface area contributed by atoms with Crippen molar-refractivity contribution in [2.24, 2.45) is 29.6 Å². The van der Waals surface area contributed by atoms with Gasteiger partial charge in [0, 0.05) is 29.5 Å². The molecule has 6 atom stereocenters. The van der Waals surface area contributed by atoms with Gasteiger partial charge >= 0.3 is 0 Å². The van der Waals surface area contributed by atoms with Crippen LogP contribution < -0.4 is 14.4 Å². The fraction of sp³-hybridized carbons (Fsp3) is 0.227. The number of ether oxygens (including phenoxy) is 2. The van der Waals surface area contributed by atoms with Crippen molar-refractivity contribution in [3.8, 4) is 17.2 Å². The molecule has 1 aliphatic heterocycles. The van der Waals surface area contributed by atoms with E-state index in [2.05, 4.69) is 0 Å². The number of benzene rings is 4. The average molecular weight is 737 g/mol. The first-order valence-corrected chi connectivity index (χ1v) is 18.0. The molecule has 1 N–H and O–H groups in total. The first-order chi connectivity index (χ1) is 26.6. The van der Waals surface area contributed by atoms with Crippen molar-refractivity contribution >= 4 is 46.4 Å². The molecule has 0 bridgehead atoms. The highest BCUT2D eigenvalue weighted by atomic mass is 16.6. The number of amides is 2. The number of non-ortho nitro benzene ring substituents is 1. The summed E-state index contributed by atoms with van der Waals surface area (Å²) in [7, 11) is 2.85. The van der Waals surface area contributed by atoms with Crippen molar-refractivity contribution in [3.05, 3.63) is 148 Å². The van der Waals surface area contributed by atoms with Gasteiger partial charge < -0.3 is 14.6 Å². The highest BCUT2D eigenvalue weighted by Crippen LogP contribution is 2.61. The van der Waals surface area contributed by atoms with Crippen molar-refractivity contribution < 1.29 is 38.7 Å². The molecular formula is C44H36N2O9. The molecule has 0 unspecified atom stereocenters. The third-order valence-corrected chi connectivity index (χ3v) is 11.7. The number of rotatable bonds is 8. The lowest BCUT2D eigenvalue weighted by Crippen LogP contribution is -2.59. The fourth-order valence-corrected chi connectivity index (χ4v) is 9.32. The van der Waals surface area contributed by atoms with Crippen LogP contribution in [0.1, 0.15) is 29.5 Å². The number of fused-ring (bicyclic) bond motifs is 4. The van der Waals surface area contributed by atoms with Gasteiger partial charge in [-0.2, -0.15) is 0 Å². The standard InChI is InChI=1S/C44H36N2O9/c1-54-36-21-25(22-37(55-2)41(36)49)13-20-34-30-18-19-31-39(43(51)45(42(31)50)28-14-16-29(17-15-28)46(52)53)33(30)23-35-40(48)32(26-9-5-3-6-10-26)24-38(47)44(34,35)27-11-7-4-8-12-27/h3-18,20-22,24,31,33-35,39,49H,19,23H2,1-2H3/t31-,33+,34-,35-,39-,44-/m0/s1. The Morgan fingerprint density at radius 1 is 0.855 bits per heavy atom. The summed E-state index contributed by atoms with van der Waals surface area (Å²) in [5, 5.41) is 22.0. The predicted octanol–water partition coefficient (Wildman–Crippen LogP) is 6.89. The van der Waals surface area contributed by atoms with Gasteiger partial charge in [0.2, 0.25) is 17.6 Å². The number of ketones is 2. The lowest BCUT2D eigenvalue weighted by atomic mass is 9.45. The first kappa shape index (κ1) is 35.4. The van der Waals surface area contributed by atoms with E-state index in [1.165, 1.54) is 44.6 Å². The number of anilines is 1. The van der Waals surface area contributed by atoms with E-state index < -0.39 is 51.7 Å². The van der Waals surface area contributed by atoms with Crippen molar-refractivity contribution in [2.45, 2.75) is 18.3 Å². The van der Waals surface area contributed by atoms with Gasteiger partial charge in [0.05, 0.1) is 42.1 Å². The molecule has 2 fully saturated rings. The van der Waals surface area contributed by atoms with Crippen LogP contribution in [-0.2, 0) is 24.6 Å². The van der Waals surface area contributed by atoms with E-state index >= 15 is 9.59 Å². The molecule has 4 aromatic rings. The SMILES string of the molecule is COc1cc(C=C[C@H]2C3=CC[C@@H]4C(=O)N(c5ccc([N+](=O)[O-])cc5)C(=O)[C@@H]4[C@@H]3C[C@H]3C(=O)C(c4ccccc4)=CC(=O)[C@@]23c2ccccc2)cc(OC)c1O. The van der Waals surface area contributed by atoms with E-state index in [9.17, 15) is 24.8 Å². The second-order valence-electron chi connectivity index (χ2n) is 14.3. The molecule has 4 aromatic carbocycles. The number of phenolic OH excluding ortho intramolecular Hbond substituents is 1. The molecule has 55 heavy (non-hydrogen) atoms. The number of nitro benzene ring substituents is 1. The van der Waals surface area contributed by atoms with Gasteiger partial charge in [-0.05, 0) is 65.8 Å². The molecule has 0 aromatic heterocycles. The number of carbonyl (C=O) groups excluding carboxylic acids is 4. The highest BCUT2D eigenvalue weighted by molar-refractivity contribution is 6.31. The lowest BCUT2D eigenvalue weighted by molar-refractivity contribution is -0.384. The maximum atomic E-state index is 15.1. The summed E-state index contributed by atoms with van der Waals surface area (Å²) in [6, 6.07) is 26.9. The number of nitro groups is 1. The van der Waals surface area contributed by atoms with Crippen LogP contribution in [-0.4, -0.2) is 47.6 Å². The van der Waals surface area contributed by atoms with Crippen molar-refractivity contribution in [3.63, 3.8) is 0 Å². The van der Waals surface area contributed by atoms with E-state index in [0.717, 1.165) is 10.5 Å². The summed E-state index contributed by atoms with van der Waals surface area (Å²) in [5.74, 6) is -4.98.